The van der Waals surface area contributed by atoms with Crippen LogP contribution in [0.2, 0.25) is 0 Å². The molecular weight excluding hydrogens is 396 g/mol. The lowest BCUT2D eigenvalue weighted by Crippen LogP contribution is -2.49. The predicted octanol–water partition coefficient (Wildman–Crippen LogP) is 3.50. The van der Waals surface area contributed by atoms with Gasteiger partial charge in [0, 0.05) is 31.7 Å². The fraction of sp³-hybridized carbons (Fsp3) is 0.348. The highest BCUT2D eigenvalue weighted by Crippen LogP contribution is 2.29. The Morgan fingerprint density at radius 1 is 0.968 bits per heavy atom. The zero-order valence-corrected chi connectivity index (χ0v) is 17.8. The molecule has 162 valence electrons. The van der Waals surface area contributed by atoms with Crippen LogP contribution in [0.25, 0.3) is 11.5 Å². The van der Waals surface area contributed by atoms with Gasteiger partial charge in [0.15, 0.2) is 23.1 Å². The zero-order chi connectivity index (χ0) is 21.6. The molecule has 1 amide bonds. The molecule has 8 heteroatoms. The Balaban J connectivity index is 1.39. The van der Waals surface area contributed by atoms with E-state index < -0.39 is 0 Å². The highest BCUT2D eigenvalue weighted by Gasteiger charge is 2.24. The van der Waals surface area contributed by atoms with Crippen LogP contribution in [-0.4, -0.2) is 60.4 Å². The molecule has 31 heavy (non-hydrogen) atoms. The Morgan fingerprint density at radius 3 is 2.39 bits per heavy atom. The Morgan fingerprint density at radius 2 is 1.74 bits per heavy atom. The number of piperazine rings is 1. The number of carbonyl (C=O) groups is 1. The molecule has 1 aliphatic rings. The number of furan rings is 1. The maximum Gasteiger partial charge on any atom is 0.254 e. The summed E-state index contributed by atoms with van der Waals surface area (Å²) >= 11 is 0. The SMILES string of the molecule is CCOc1ccc(C(=O)N2CCN(c3ccc(-c4ccco4)nn3)CC2)cc1OCC. The highest BCUT2D eigenvalue weighted by molar-refractivity contribution is 5.95. The van der Waals surface area contributed by atoms with E-state index in [4.69, 9.17) is 13.9 Å². The summed E-state index contributed by atoms with van der Waals surface area (Å²) in [6.07, 6.45) is 1.61. The van der Waals surface area contributed by atoms with Crippen molar-refractivity contribution in [1.29, 1.82) is 0 Å². The maximum atomic E-state index is 13.0. The smallest absolute Gasteiger partial charge is 0.254 e. The summed E-state index contributed by atoms with van der Waals surface area (Å²) < 4.78 is 16.6. The average Bonchev–Trinajstić information content (AvgIpc) is 3.35. The van der Waals surface area contributed by atoms with Gasteiger partial charge in [-0.05, 0) is 56.3 Å². The van der Waals surface area contributed by atoms with Gasteiger partial charge in [-0.2, -0.15) is 0 Å². The number of amides is 1. The second-order valence-corrected chi connectivity index (χ2v) is 7.06. The van der Waals surface area contributed by atoms with Crippen molar-refractivity contribution in [2.75, 3.05) is 44.3 Å². The summed E-state index contributed by atoms with van der Waals surface area (Å²) in [6.45, 7) is 7.48. The molecule has 0 bridgehead atoms. The molecule has 0 spiro atoms. The van der Waals surface area contributed by atoms with E-state index in [-0.39, 0.29) is 5.91 Å². The summed E-state index contributed by atoms with van der Waals surface area (Å²) in [5.41, 5.74) is 1.30. The molecular formula is C23H26N4O4. The lowest BCUT2D eigenvalue weighted by atomic mass is 10.1. The Labute approximate surface area is 181 Å². The Hall–Kier alpha value is -3.55. The third-order valence-electron chi connectivity index (χ3n) is 5.11. The topological polar surface area (TPSA) is 80.9 Å². The van der Waals surface area contributed by atoms with E-state index in [9.17, 15) is 4.79 Å². The number of aromatic nitrogens is 2. The minimum Gasteiger partial charge on any atom is -0.490 e. The molecule has 4 rings (SSSR count). The molecule has 1 saturated heterocycles. The summed E-state index contributed by atoms with van der Waals surface area (Å²) in [6, 6.07) is 12.9. The minimum absolute atomic E-state index is 0.0112. The fourth-order valence-electron chi connectivity index (χ4n) is 3.55. The number of carbonyl (C=O) groups excluding carboxylic acids is 1. The normalized spacial score (nSPS) is 13.9. The highest BCUT2D eigenvalue weighted by atomic mass is 16.5. The van der Waals surface area contributed by atoms with Gasteiger partial charge in [0.25, 0.3) is 5.91 Å². The van der Waals surface area contributed by atoms with E-state index in [0.717, 1.165) is 5.82 Å². The number of ether oxygens (including phenoxy) is 2. The number of anilines is 1. The average molecular weight is 422 g/mol. The Bertz CT molecular complexity index is 997. The van der Waals surface area contributed by atoms with Crippen LogP contribution < -0.4 is 14.4 Å². The van der Waals surface area contributed by atoms with Crippen molar-refractivity contribution in [3.63, 3.8) is 0 Å². The zero-order valence-electron chi connectivity index (χ0n) is 17.8. The standard InChI is InChI=1S/C23H26N4O4/c1-3-29-20-9-7-17(16-21(20)30-4-2)23(28)27-13-11-26(12-14-27)22-10-8-18(24-25-22)19-6-5-15-31-19/h5-10,15-16H,3-4,11-14H2,1-2H3. The van der Waals surface area contributed by atoms with Crippen LogP contribution in [0.5, 0.6) is 11.5 Å². The van der Waals surface area contributed by atoms with E-state index in [2.05, 4.69) is 15.1 Å². The number of rotatable bonds is 7. The summed E-state index contributed by atoms with van der Waals surface area (Å²) in [7, 11) is 0. The molecule has 8 nitrogen and oxygen atoms in total. The van der Waals surface area contributed by atoms with Gasteiger partial charge in [-0.15, -0.1) is 10.2 Å². The molecule has 2 aromatic heterocycles. The number of hydrogen-bond acceptors (Lipinski definition) is 7. The fourth-order valence-corrected chi connectivity index (χ4v) is 3.55. The minimum atomic E-state index is -0.0112. The molecule has 0 unspecified atom stereocenters. The van der Waals surface area contributed by atoms with Crippen molar-refractivity contribution in [3.05, 3.63) is 54.3 Å². The molecule has 0 radical (unpaired) electrons. The van der Waals surface area contributed by atoms with E-state index in [0.29, 0.717) is 67.9 Å². The van der Waals surface area contributed by atoms with Gasteiger partial charge in [0.05, 0.1) is 19.5 Å². The molecule has 1 aromatic carbocycles. The lowest BCUT2D eigenvalue weighted by Gasteiger charge is -2.35. The molecule has 1 fully saturated rings. The predicted molar refractivity (Wildman–Crippen MR) is 117 cm³/mol. The second-order valence-electron chi connectivity index (χ2n) is 7.06. The van der Waals surface area contributed by atoms with Crippen molar-refractivity contribution in [2.24, 2.45) is 0 Å². The van der Waals surface area contributed by atoms with Gasteiger partial charge in [0.2, 0.25) is 0 Å². The van der Waals surface area contributed by atoms with Crippen molar-refractivity contribution in [2.45, 2.75) is 13.8 Å². The maximum absolute atomic E-state index is 13.0. The summed E-state index contributed by atoms with van der Waals surface area (Å²) in [5.74, 6) is 2.73. The van der Waals surface area contributed by atoms with Crippen molar-refractivity contribution >= 4 is 11.7 Å². The summed E-state index contributed by atoms with van der Waals surface area (Å²) in [4.78, 5) is 17.0. The molecule has 0 N–H and O–H groups in total. The molecule has 3 aromatic rings. The van der Waals surface area contributed by atoms with Crippen molar-refractivity contribution in [1.82, 2.24) is 15.1 Å². The first-order chi connectivity index (χ1) is 15.2. The molecule has 1 aliphatic heterocycles. The van der Waals surface area contributed by atoms with E-state index in [1.807, 2.05) is 43.0 Å². The van der Waals surface area contributed by atoms with E-state index in [1.54, 1.807) is 24.5 Å². The van der Waals surface area contributed by atoms with E-state index >= 15 is 0 Å². The largest absolute Gasteiger partial charge is 0.490 e. The molecule has 0 saturated carbocycles. The number of nitrogens with zero attached hydrogens (tertiary/aromatic N) is 4. The monoisotopic (exact) mass is 422 g/mol. The van der Waals surface area contributed by atoms with Crippen LogP contribution in [0.15, 0.2) is 53.1 Å². The van der Waals surface area contributed by atoms with Gasteiger partial charge < -0.3 is 23.7 Å². The number of benzene rings is 1. The van der Waals surface area contributed by atoms with Crippen LogP contribution in [0.1, 0.15) is 24.2 Å². The second kappa shape index (κ2) is 9.51. The first-order valence-corrected chi connectivity index (χ1v) is 10.5. The van der Waals surface area contributed by atoms with Crippen LogP contribution in [-0.2, 0) is 0 Å². The molecule has 0 aliphatic carbocycles. The van der Waals surface area contributed by atoms with Crippen molar-refractivity contribution in [3.8, 4) is 23.0 Å². The third kappa shape index (κ3) is 4.63. The quantitative estimate of drug-likeness (QED) is 0.576. The van der Waals surface area contributed by atoms with Gasteiger partial charge in [0.1, 0.15) is 5.69 Å². The van der Waals surface area contributed by atoms with Gasteiger partial charge in [-0.3, -0.25) is 4.79 Å². The van der Waals surface area contributed by atoms with E-state index in [1.165, 1.54) is 0 Å². The van der Waals surface area contributed by atoms with Gasteiger partial charge in [-0.25, -0.2) is 0 Å². The van der Waals surface area contributed by atoms with Gasteiger partial charge in [-0.1, -0.05) is 0 Å². The van der Waals surface area contributed by atoms with Crippen LogP contribution >= 0.6 is 0 Å². The number of hydrogen-bond donors (Lipinski definition) is 0. The van der Waals surface area contributed by atoms with Crippen LogP contribution in [0, 0.1) is 0 Å². The molecule has 0 atom stereocenters. The first kappa shape index (κ1) is 20.7. The third-order valence-corrected chi connectivity index (χ3v) is 5.11. The van der Waals surface area contributed by atoms with Gasteiger partial charge >= 0.3 is 0 Å². The van der Waals surface area contributed by atoms with Crippen molar-refractivity contribution < 1.29 is 18.7 Å². The first-order valence-electron chi connectivity index (χ1n) is 10.5. The molecule has 3 heterocycles. The van der Waals surface area contributed by atoms with Crippen LogP contribution in [0.3, 0.4) is 0 Å². The Kier molecular flexibility index (Phi) is 6.35. The lowest BCUT2D eigenvalue weighted by molar-refractivity contribution is 0.0746. The summed E-state index contributed by atoms with van der Waals surface area (Å²) in [5, 5.41) is 8.58. The van der Waals surface area contributed by atoms with Crippen LogP contribution in [0.4, 0.5) is 5.82 Å².